The first-order valence-corrected chi connectivity index (χ1v) is 8.36. The van der Waals surface area contributed by atoms with E-state index in [9.17, 15) is 4.79 Å². The molecule has 0 fully saturated rings. The van der Waals surface area contributed by atoms with Gasteiger partial charge in [0, 0.05) is 17.3 Å². The monoisotopic (exact) mass is 390 g/mol. The number of rotatable bonds is 6. The SMILES string of the molecule is COc1ccc(Cl)cc1NC(=O)c1c[nH]c2cc(OC)c(OC)c(OC)c12. The molecular formula is C19H19ClN2O5. The number of hydrogen-bond donors (Lipinski definition) is 2. The Morgan fingerprint density at radius 3 is 2.30 bits per heavy atom. The molecule has 0 atom stereocenters. The number of methoxy groups -OCH3 is 4. The van der Waals surface area contributed by atoms with Gasteiger partial charge in [-0.05, 0) is 18.2 Å². The predicted molar refractivity (Wildman–Crippen MR) is 104 cm³/mol. The summed E-state index contributed by atoms with van der Waals surface area (Å²) in [5, 5.41) is 3.88. The fourth-order valence-corrected chi connectivity index (χ4v) is 3.08. The Bertz CT molecular complexity index is 999. The fourth-order valence-electron chi connectivity index (χ4n) is 2.91. The Morgan fingerprint density at radius 1 is 0.963 bits per heavy atom. The molecule has 0 spiro atoms. The lowest BCUT2D eigenvalue weighted by Gasteiger charge is -2.14. The van der Waals surface area contributed by atoms with E-state index in [1.165, 1.54) is 28.4 Å². The number of fused-ring (bicyclic) bond motifs is 1. The summed E-state index contributed by atoms with van der Waals surface area (Å²) in [6, 6.07) is 6.73. The van der Waals surface area contributed by atoms with Crippen LogP contribution in [0.1, 0.15) is 10.4 Å². The van der Waals surface area contributed by atoms with Crippen molar-refractivity contribution in [2.75, 3.05) is 33.8 Å². The van der Waals surface area contributed by atoms with Crippen molar-refractivity contribution >= 4 is 34.1 Å². The number of carbonyl (C=O) groups excluding carboxylic acids is 1. The molecule has 1 heterocycles. The maximum absolute atomic E-state index is 12.9. The second-order valence-electron chi connectivity index (χ2n) is 5.57. The van der Waals surface area contributed by atoms with Gasteiger partial charge in [-0.2, -0.15) is 0 Å². The van der Waals surface area contributed by atoms with Crippen LogP contribution in [0.4, 0.5) is 5.69 Å². The van der Waals surface area contributed by atoms with Crippen LogP contribution in [0.2, 0.25) is 5.02 Å². The van der Waals surface area contributed by atoms with E-state index in [-0.39, 0.29) is 5.91 Å². The van der Waals surface area contributed by atoms with Crippen LogP contribution in [0, 0.1) is 0 Å². The van der Waals surface area contributed by atoms with Crippen molar-refractivity contribution < 1.29 is 23.7 Å². The number of carbonyl (C=O) groups is 1. The Balaban J connectivity index is 2.09. The minimum absolute atomic E-state index is 0.354. The van der Waals surface area contributed by atoms with Crippen molar-refractivity contribution in [3.63, 3.8) is 0 Å². The lowest BCUT2D eigenvalue weighted by Crippen LogP contribution is -2.12. The van der Waals surface area contributed by atoms with E-state index in [0.717, 1.165) is 0 Å². The van der Waals surface area contributed by atoms with Crippen LogP contribution in [-0.2, 0) is 0 Å². The number of H-pyrrole nitrogens is 1. The molecule has 0 radical (unpaired) electrons. The lowest BCUT2D eigenvalue weighted by molar-refractivity contribution is 0.102. The molecule has 0 saturated carbocycles. The minimum atomic E-state index is -0.354. The average Bonchev–Trinajstić information content (AvgIpc) is 3.10. The van der Waals surface area contributed by atoms with Crippen molar-refractivity contribution in [2.24, 2.45) is 0 Å². The van der Waals surface area contributed by atoms with E-state index in [1.807, 2.05) is 0 Å². The second-order valence-corrected chi connectivity index (χ2v) is 6.01. The van der Waals surface area contributed by atoms with Crippen molar-refractivity contribution in [3.05, 3.63) is 41.0 Å². The number of hydrogen-bond acceptors (Lipinski definition) is 5. The maximum Gasteiger partial charge on any atom is 0.258 e. The summed E-state index contributed by atoms with van der Waals surface area (Å²) in [6.07, 6.45) is 1.60. The van der Waals surface area contributed by atoms with Gasteiger partial charge in [0.2, 0.25) is 5.75 Å². The molecule has 2 aromatic carbocycles. The first-order valence-electron chi connectivity index (χ1n) is 7.99. The molecule has 1 aromatic heterocycles. The molecule has 1 amide bonds. The highest BCUT2D eigenvalue weighted by molar-refractivity contribution is 6.31. The van der Waals surface area contributed by atoms with E-state index < -0.39 is 0 Å². The summed E-state index contributed by atoms with van der Waals surface area (Å²) >= 11 is 6.03. The van der Waals surface area contributed by atoms with Crippen LogP contribution in [0.25, 0.3) is 10.9 Å². The number of ether oxygens (including phenoxy) is 4. The number of amides is 1. The van der Waals surface area contributed by atoms with Gasteiger partial charge < -0.3 is 29.2 Å². The largest absolute Gasteiger partial charge is 0.495 e. The highest BCUT2D eigenvalue weighted by atomic mass is 35.5. The Morgan fingerprint density at radius 2 is 1.67 bits per heavy atom. The van der Waals surface area contributed by atoms with Crippen LogP contribution in [-0.4, -0.2) is 39.3 Å². The highest BCUT2D eigenvalue weighted by Gasteiger charge is 2.23. The average molecular weight is 391 g/mol. The second kappa shape index (κ2) is 7.67. The van der Waals surface area contributed by atoms with Gasteiger partial charge in [-0.25, -0.2) is 0 Å². The first kappa shape index (κ1) is 18.7. The van der Waals surface area contributed by atoms with E-state index in [4.69, 9.17) is 30.5 Å². The van der Waals surface area contributed by atoms with Gasteiger partial charge in [-0.3, -0.25) is 4.79 Å². The van der Waals surface area contributed by atoms with Crippen LogP contribution in [0.3, 0.4) is 0 Å². The Hall–Kier alpha value is -3.06. The summed E-state index contributed by atoms with van der Waals surface area (Å²) < 4.78 is 21.5. The standard InChI is InChI=1S/C19H19ClN2O5/c1-24-14-6-5-10(20)7-12(14)22-19(23)11-9-21-13-8-15(25-2)17(26-3)18(27-4)16(11)13/h5-9,21H,1-4H3,(H,22,23). The molecule has 0 aliphatic carbocycles. The first-order chi connectivity index (χ1) is 13.0. The third-order valence-electron chi connectivity index (χ3n) is 4.13. The summed E-state index contributed by atoms with van der Waals surface area (Å²) in [5.74, 6) is 1.44. The number of anilines is 1. The number of aromatic nitrogens is 1. The molecule has 2 N–H and O–H groups in total. The Kier molecular flexibility index (Phi) is 5.32. The van der Waals surface area contributed by atoms with Gasteiger partial charge in [-0.1, -0.05) is 11.6 Å². The van der Waals surface area contributed by atoms with Crippen molar-refractivity contribution in [2.45, 2.75) is 0 Å². The van der Waals surface area contributed by atoms with Crippen LogP contribution in [0.5, 0.6) is 23.0 Å². The van der Waals surface area contributed by atoms with Crippen molar-refractivity contribution in [3.8, 4) is 23.0 Å². The predicted octanol–water partition coefficient (Wildman–Crippen LogP) is 4.11. The highest BCUT2D eigenvalue weighted by Crippen LogP contribution is 2.44. The zero-order valence-electron chi connectivity index (χ0n) is 15.3. The number of halogens is 1. The lowest BCUT2D eigenvalue weighted by atomic mass is 10.1. The zero-order chi connectivity index (χ0) is 19.6. The maximum atomic E-state index is 12.9. The number of aromatic amines is 1. The van der Waals surface area contributed by atoms with E-state index in [1.54, 1.807) is 30.5 Å². The molecule has 0 saturated heterocycles. The fraction of sp³-hybridized carbons (Fsp3) is 0.211. The number of benzene rings is 2. The third-order valence-corrected chi connectivity index (χ3v) is 4.36. The molecular weight excluding hydrogens is 372 g/mol. The van der Waals surface area contributed by atoms with Crippen molar-refractivity contribution in [1.29, 1.82) is 0 Å². The molecule has 0 bridgehead atoms. The van der Waals surface area contributed by atoms with E-state index in [2.05, 4.69) is 10.3 Å². The minimum Gasteiger partial charge on any atom is -0.495 e. The van der Waals surface area contributed by atoms with Gasteiger partial charge in [0.25, 0.3) is 5.91 Å². The van der Waals surface area contributed by atoms with E-state index in [0.29, 0.717) is 50.2 Å². The summed E-state index contributed by atoms with van der Waals surface area (Å²) in [6.45, 7) is 0. The van der Waals surface area contributed by atoms with Gasteiger partial charge in [-0.15, -0.1) is 0 Å². The molecule has 27 heavy (non-hydrogen) atoms. The van der Waals surface area contributed by atoms with Crippen LogP contribution < -0.4 is 24.3 Å². The van der Waals surface area contributed by atoms with Crippen molar-refractivity contribution in [1.82, 2.24) is 4.98 Å². The molecule has 8 heteroatoms. The molecule has 3 rings (SSSR count). The van der Waals surface area contributed by atoms with Gasteiger partial charge >= 0.3 is 0 Å². The quantitative estimate of drug-likeness (QED) is 0.662. The third kappa shape index (κ3) is 3.33. The molecule has 7 nitrogen and oxygen atoms in total. The Labute approximate surface area is 161 Å². The number of nitrogens with one attached hydrogen (secondary N) is 2. The molecule has 3 aromatic rings. The zero-order valence-corrected chi connectivity index (χ0v) is 16.1. The van der Waals surface area contributed by atoms with Gasteiger partial charge in [0.15, 0.2) is 11.5 Å². The van der Waals surface area contributed by atoms with Crippen LogP contribution >= 0.6 is 11.6 Å². The van der Waals surface area contributed by atoms with E-state index >= 15 is 0 Å². The summed E-state index contributed by atoms with van der Waals surface area (Å²) in [4.78, 5) is 16.0. The molecule has 0 aliphatic rings. The molecule has 0 unspecified atom stereocenters. The van der Waals surface area contributed by atoms with Crippen LogP contribution in [0.15, 0.2) is 30.5 Å². The topological polar surface area (TPSA) is 81.8 Å². The summed E-state index contributed by atoms with van der Waals surface area (Å²) in [5.41, 5.74) is 1.52. The molecule has 142 valence electrons. The van der Waals surface area contributed by atoms with Gasteiger partial charge in [0.05, 0.1) is 50.6 Å². The summed E-state index contributed by atoms with van der Waals surface area (Å²) in [7, 11) is 6.07. The van der Waals surface area contributed by atoms with Gasteiger partial charge in [0.1, 0.15) is 5.75 Å². The molecule has 0 aliphatic heterocycles. The normalized spacial score (nSPS) is 10.6. The smallest absolute Gasteiger partial charge is 0.258 e.